The van der Waals surface area contributed by atoms with Crippen LogP contribution < -0.4 is 16.3 Å². The Morgan fingerprint density at radius 2 is 1.89 bits per heavy atom. The van der Waals surface area contributed by atoms with Gasteiger partial charge < -0.3 is 16.3 Å². The van der Waals surface area contributed by atoms with Gasteiger partial charge in [-0.25, -0.2) is 0 Å². The topological polar surface area (TPSA) is 73.6 Å². The Morgan fingerprint density at radius 3 is 2.67 bits per heavy atom. The number of fused-ring (bicyclic) bond motifs is 1. The molecule has 0 radical (unpaired) electrons. The summed E-state index contributed by atoms with van der Waals surface area (Å²) in [5, 5.41) is 5.80. The van der Waals surface area contributed by atoms with E-state index < -0.39 is 0 Å². The van der Waals surface area contributed by atoms with Crippen molar-refractivity contribution in [1.82, 2.24) is 0 Å². The van der Waals surface area contributed by atoms with E-state index in [0.29, 0.717) is 18.9 Å². The molecule has 4 nitrogen and oxygen atoms in total. The van der Waals surface area contributed by atoms with Crippen molar-refractivity contribution in [3.05, 3.63) is 42.5 Å². The summed E-state index contributed by atoms with van der Waals surface area (Å²) in [5.74, 6) is 6.38. The molecule has 0 aromatic heterocycles. The largest absolute Gasteiger partial charge is 0.494 e. The first kappa shape index (κ1) is 12.2. The van der Waals surface area contributed by atoms with Crippen LogP contribution in [0.2, 0.25) is 0 Å². The number of hydrazone groups is 1. The summed E-state index contributed by atoms with van der Waals surface area (Å²) in [7, 11) is 0. The summed E-state index contributed by atoms with van der Waals surface area (Å²) < 4.78 is 5.66. The zero-order valence-electron chi connectivity index (χ0n) is 10.2. The molecule has 0 aliphatic carbocycles. The van der Waals surface area contributed by atoms with Crippen LogP contribution in [0.1, 0.15) is 12.8 Å². The lowest BCUT2D eigenvalue weighted by Gasteiger charge is -2.07. The Bertz CT molecular complexity index is 551. The van der Waals surface area contributed by atoms with Crippen LogP contribution in [0, 0.1) is 0 Å². The molecular weight excluding hydrogens is 226 g/mol. The van der Waals surface area contributed by atoms with Crippen LogP contribution in [-0.4, -0.2) is 12.4 Å². The third-order valence-electron chi connectivity index (χ3n) is 2.73. The van der Waals surface area contributed by atoms with E-state index in [0.717, 1.165) is 12.2 Å². The van der Waals surface area contributed by atoms with Gasteiger partial charge in [-0.05, 0) is 29.3 Å². The van der Waals surface area contributed by atoms with E-state index in [4.69, 9.17) is 16.3 Å². The number of benzene rings is 2. The van der Waals surface area contributed by atoms with E-state index in [2.05, 4.69) is 23.3 Å². The Morgan fingerprint density at radius 1 is 1.11 bits per heavy atom. The number of ether oxygens (including phenoxy) is 1. The quantitative estimate of drug-likeness (QED) is 0.278. The lowest BCUT2D eigenvalue weighted by atomic mass is 10.1. The zero-order valence-corrected chi connectivity index (χ0v) is 10.2. The van der Waals surface area contributed by atoms with Crippen molar-refractivity contribution >= 4 is 16.6 Å². The fourth-order valence-electron chi connectivity index (χ4n) is 1.77. The highest BCUT2D eigenvalue weighted by molar-refractivity contribution is 5.83. The van der Waals surface area contributed by atoms with Gasteiger partial charge in [-0.15, -0.1) is 0 Å². The molecule has 0 atom stereocenters. The third kappa shape index (κ3) is 3.13. The van der Waals surface area contributed by atoms with Crippen LogP contribution in [0.15, 0.2) is 47.6 Å². The van der Waals surface area contributed by atoms with E-state index >= 15 is 0 Å². The Hall–Kier alpha value is -2.23. The molecule has 2 rings (SSSR count). The Kier molecular flexibility index (Phi) is 4.02. The van der Waals surface area contributed by atoms with Gasteiger partial charge >= 0.3 is 0 Å². The second-order valence-electron chi connectivity index (χ2n) is 4.08. The van der Waals surface area contributed by atoms with Gasteiger partial charge in [-0.3, -0.25) is 0 Å². The van der Waals surface area contributed by atoms with Crippen molar-refractivity contribution in [1.29, 1.82) is 0 Å². The predicted molar refractivity (Wildman–Crippen MR) is 74.5 cm³/mol. The van der Waals surface area contributed by atoms with Crippen LogP contribution in [0.3, 0.4) is 0 Å². The van der Waals surface area contributed by atoms with E-state index in [1.807, 2.05) is 24.3 Å². The predicted octanol–water partition coefficient (Wildman–Crippen LogP) is 2.23. The minimum atomic E-state index is 0.456. The molecule has 0 saturated heterocycles. The minimum absolute atomic E-state index is 0.456. The summed E-state index contributed by atoms with van der Waals surface area (Å²) in [5.41, 5.74) is 5.50. The van der Waals surface area contributed by atoms with Gasteiger partial charge in [0.05, 0.1) is 6.61 Å². The Balaban J connectivity index is 1.92. The highest BCUT2D eigenvalue weighted by atomic mass is 16.5. The van der Waals surface area contributed by atoms with Crippen molar-refractivity contribution in [2.75, 3.05) is 6.61 Å². The molecule has 18 heavy (non-hydrogen) atoms. The van der Waals surface area contributed by atoms with Gasteiger partial charge in [-0.1, -0.05) is 30.3 Å². The molecule has 0 fully saturated rings. The number of hydrogen-bond donors (Lipinski definition) is 2. The first-order valence-electron chi connectivity index (χ1n) is 5.93. The fourth-order valence-corrected chi connectivity index (χ4v) is 1.77. The van der Waals surface area contributed by atoms with Crippen molar-refractivity contribution in [3.8, 4) is 5.75 Å². The highest BCUT2D eigenvalue weighted by Gasteiger charge is 1.98. The van der Waals surface area contributed by atoms with Crippen LogP contribution in [0.4, 0.5) is 0 Å². The maximum Gasteiger partial charge on any atom is 0.119 e. The zero-order chi connectivity index (χ0) is 12.8. The van der Waals surface area contributed by atoms with Crippen molar-refractivity contribution in [2.24, 2.45) is 16.7 Å². The number of nitrogens with two attached hydrogens (primary N) is 2. The highest BCUT2D eigenvalue weighted by Crippen LogP contribution is 2.20. The van der Waals surface area contributed by atoms with Crippen LogP contribution >= 0.6 is 0 Å². The van der Waals surface area contributed by atoms with E-state index in [-0.39, 0.29) is 0 Å². The van der Waals surface area contributed by atoms with Crippen molar-refractivity contribution < 1.29 is 4.74 Å². The number of rotatable bonds is 5. The lowest BCUT2D eigenvalue weighted by molar-refractivity contribution is 0.314. The van der Waals surface area contributed by atoms with Crippen molar-refractivity contribution in [2.45, 2.75) is 12.8 Å². The molecule has 94 valence electrons. The third-order valence-corrected chi connectivity index (χ3v) is 2.73. The molecule has 0 aliphatic heterocycles. The van der Waals surface area contributed by atoms with Gasteiger partial charge in [0.2, 0.25) is 0 Å². The molecule has 4 heteroatoms. The van der Waals surface area contributed by atoms with Crippen LogP contribution in [0.5, 0.6) is 5.75 Å². The summed E-state index contributed by atoms with van der Waals surface area (Å²) in [6.45, 7) is 0.606. The molecule has 0 saturated carbocycles. The number of amidine groups is 1. The molecule has 0 spiro atoms. The first-order chi connectivity index (χ1) is 8.79. The van der Waals surface area contributed by atoms with Gasteiger partial charge in [0.15, 0.2) is 0 Å². The molecule has 2 aromatic rings. The number of nitrogens with zero attached hydrogens (tertiary/aromatic N) is 1. The first-order valence-corrected chi connectivity index (χ1v) is 5.93. The van der Waals surface area contributed by atoms with E-state index in [1.54, 1.807) is 0 Å². The van der Waals surface area contributed by atoms with Crippen LogP contribution in [-0.2, 0) is 0 Å². The second kappa shape index (κ2) is 5.91. The summed E-state index contributed by atoms with van der Waals surface area (Å²) in [6, 6.07) is 14.3. The maximum absolute atomic E-state index is 5.66. The molecule has 2 aromatic carbocycles. The van der Waals surface area contributed by atoms with E-state index in [1.165, 1.54) is 10.8 Å². The molecule has 0 unspecified atom stereocenters. The monoisotopic (exact) mass is 243 g/mol. The smallest absolute Gasteiger partial charge is 0.119 e. The Labute approximate surface area is 106 Å². The SMILES string of the molecule is NN=C(N)CCCOc1ccc2ccccc2c1. The number of hydrogen-bond acceptors (Lipinski definition) is 3. The van der Waals surface area contributed by atoms with E-state index in [9.17, 15) is 0 Å². The van der Waals surface area contributed by atoms with Crippen molar-refractivity contribution in [3.63, 3.8) is 0 Å². The molecule has 0 aliphatic rings. The minimum Gasteiger partial charge on any atom is -0.494 e. The standard InChI is InChI=1S/C14H17N3O/c15-14(17-16)6-3-9-18-13-8-7-11-4-1-2-5-12(11)10-13/h1-2,4-5,7-8,10H,3,6,9,16H2,(H2,15,17). The van der Waals surface area contributed by atoms with Gasteiger partial charge in [-0.2, -0.15) is 5.10 Å². The average molecular weight is 243 g/mol. The van der Waals surface area contributed by atoms with Gasteiger partial charge in [0.1, 0.15) is 11.6 Å². The average Bonchev–Trinajstić information content (AvgIpc) is 2.43. The van der Waals surface area contributed by atoms with Crippen LogP contribution in [0.25, 0.3) is 10.8 Å². The molecule has 0 bridgehead atoms. The summed E-state index contributed by atoms with van der Waals surface area (Å²) >= 11 is 0. The molecule has 0 amide bonds. The molecule has 0 heterocycles. The summed E-state index contributed by atoms with van der Waals surface area (Å²) in [4.78, 5) is 0. The normalized spacial score (nSPS) is 11.7. The fraction of sp³-hybridized carbons (Fsp3) is 0.214. The molecule has 4 N–H and O–H groups in total. The second-order valence-corrected chi connectivity index (χ2v) is 4.08. The molecular formula is C14H17N3O. The maximum atomic E-state index is 5.66. The van der Waals surface area contributed by atoms with Gasteiger partial charge in [0, 0.05) is 6.42 Å². The lowest BCUT2D eigenvalue weighted by Crippen LogP contribution is -2.15. The summed E-state index contributed by atoms with van der Waals surface area (Å²) in [6.07, 6.45) is 1.46. The van der Waals surface area contributed by atoms with Gasteiger partial charge in [0.25, 0.3) is 0 Å².